The number of imidazole rings is 1. The molecule has 0 aliphatic heterocycles. The summed E-state index contributed by atoms with van der Waals surface area (Å²) in [7, 11) is -4.14. The van der Waals surface area contributed by atoms with Gasteiger partial charge in [0.05, 0.1) is 20.2 Å². The third-order valence-corrected chi connectivity index (χ3v) is 5.52. The molecular weight excluding hydrogens is 360 g/mol. The van der Waals surface area contributed by atoms with Crippen molar-refractivity contribution >= 4 is 50.1 Å². The normalized spacial score (nSPS) is 11.7. The van der Waals surface area contributed by atoms with E-state index in [1.807, 2.05) is 6.07 Å². The van der Waals surface area contributed by atoms with Gasteiger partial charge >= 0.3 is 16.1 Å². The minimum Gasteiger partial charge on any atom is -0.342 e. The van der Waals surface area contributed by atoms with Crippen LogP contribution in [0.4, 0.5) is 0 Å². The van der Waals surface area contributed by atoms with Gasteiger partial charge in [-0.3, -0.25) is 4.79 Å². The Bertz CT molecular complexity index is 991. The highest BCUT2D eigenvalue weighted by molar-refractivity contribution is 7.87. The Morgan fingerprint density at radius 3 is 2.78 bits per heavy atom. The number of carbonyl (C=O) groups is 1. The first-order valence-electron chi connectivity index (χ1n) is 6.62. The molecule has 1 N–H and O–H groups in total. The number of hydrogen-bond donors (Lipinski definition) is 1. The molecule has 0 bridgehead atoms. The average Bonchev–Trinajstić information content (AvgIpc) is 3.11. The fourth-order valence-electron chi connectivity index (χ4n) is 1.93. The zero-order valence-corrected chi connectivity index (χ0v) is 14.3. The first kappa shape index (κ1) is 16.0. The van der Waals surface area contributed by atoms with E-state index in [1.165, 1.54) is 30.4 Å². The number of rotatable bonds is 4. The molecular formula is C14H11ClN2O4S2. The lowest BCUT2D eigenvalue weighted by Crippen LogP contribution is -2.12. The van der Waals surface area contributed by atoms with E-state index in [1.54, 1.807) is 12.1 Å². The lowest BCUT2D eigenvalue weighted by Gasteiger charge is -2.03. The lowest BCUT2D eigenvalue weighted by molar-refractivity contribution is -0.133. The second-order valence-corrected chi connectivity index (χ2v) is 7.89. The molecule has 0 radical (unpaired) electrons. The van der Waals surface area contributed by atoms with E-state index in [2.05, 4.69) is 14.2 Å². The van der Waals surface area contributed by atoms with Gasteiger partial charge in [-0.1, -0.05) is 18.5 Å². The van der Waals surface area contributed by atoms with Gasteiger partial charge in [0.25, 0.3) is 0 Å². The summed E-state index contributed by atoms with van der Waals surface area (Å²) in [5.41, 5.74) is 1.13. The van der Waals surface area contributed by atoms with Crippen molar-refractivity contribution in [3.63, 3.8) is 0 Å². The summed E-state index contributed by atoms with van der Waals surface area (Å²) < 4.78 is 29.2. The Morgan fingerprint density at radius 2 is 2.13 bits per heavy atom. The maximum absolute atomic E-state index is 12.0. The van der Waals surface area contributed by atoms with Gasteiger partial charge in [-0.2, -0.15) is 8.42 Å². The highest BCUT2D eigenvalue weighted by atomic mass is 35.5. The SMILES string of the molecule is CCC(=O)OS(=O)(=O)c1ccc2[nH]c(-c3ccc(Cl)s3)nc2c1. The fourth-order valence-corrected chi connectivity index (χ4v) is 3.87. The lowest BCUT2D eigenvalue weighted by atomic mass is 10.3. The zero-order valence-electron chi connectivity index (χ0n) is 11.9. The van der Waals surface area contributed by atoms with E-state index < -0.39 is 16.1 Å². The molecule has 0 unspecified atom stereocenters. The Balaban J connectivity index is 2.01. The molecule has 0 aliphatic rings. The Labute approximate surface area is 141 Å². The molecule has 0 aliphatic carbocycles. The van der Waals surface area contributed by atoms with Crippen LogP contribution in [-0.2, 0) is 19.1 Å². The van der Waals surface area contributed by atoms with E-state index >= 15 is 0 Å². The summed E-state index contributed by atoms with van der Waals surface area (Å²) in [6.45, 7) is 1.52. The zero-order chi connectivity index (χ0) is 16.6. The number of H-pyrrole nitrogens is 1. The average molecular weight is 371 g/mol. The molecule has 23 heavy (non-hydrogen) atoms. The van der Waals surface area contributed by atoms with Crippen molar-refractivity contribution < 1.29 is 17.4 Å². The summed E-state index contributed by atoms with van der Waals surface area (Å²) in [5, 5.41) is 0. The van der Waals surface area contributed by atoms with Crippen LogP contribution < -0.4 is 0 Å². The van der Waals surface area contributed by atoms with Crippen LogP contribution in [0.5, 0.6) is 0 Å². The molecule has 3 aromatic rings. The molecule has 0 saturated carbocycles. The van der Waals surface area contributed by atoms with E-state index in [4.69, 9.17) is 11.6 Å². The number of hydrogen-bond acceptors (Lipinski definition) is 6. The highest BCUT2D eigenvalue weighted by Crippen LogP contribution is 2.31. The number of fused-ring (bicyclic) bond motifs is 1. The molecule has 0 amide bonds. The summed E-state index contributed by atoms with van der Waals surface area (Å²) in [5.74, 6) is -0.210. The number of carbonyl (C=O) groups excluding carboxylic acids is 1. The molecule has 120 valence electrons. The summed E-state index contributed by atoms with van der Waals surface area (Å²) in [6, 6.07) is 7.89. The maximum atomic E-state index is 12.0. The number of nitrogens with zero attached hydrogens (tertiary/aromatic N) is 1. The first-order chi connectivity index (χ1) is 10.9. The van der Waals surface area contributed by atoms with Crippen LogP contribution in [0.3, 0.4) is 0 Å². The van der Waals surface area contributed by atoms with Gasteiger partial charge in [0.15, 0.2) is 0 Å². The van der Waals surface area contributed by atoms with E-state index in [0.717, 1.165) is 4.88 Å². The molecule has 0 spiro atoms. The molecule has 2 aromatic heterocycles. The largest absolute Gasteiger partial charge is 0.342 e. The van der Waals surface area contributed by atoms with Crippen molar-refractivity contribution in [2.45, 2.75) is 18.2 Å². The summed E-state index contributed by atoms with van der Waals surface area (Å²) in [4.78, 5) is 19.4. The second kappa shape index (κ2) is 5.95. The highest BCUT2D eigenvalue weighted by Gasteiger charge is 2.20. The van der Waals surface area contributed by atoms with E-state index in [-0.39, 0.29) is 11.3 Å². The summed E-state index contributed by atoms with van der Waals surface area (Å²) >= 11 is 7.27. The molecule has 6 nitrogen and oxygen atoms in total. The third-order valence-electron chi connectivity index (χ3n) is 3.04. The van der Waals surface area contributed by atoms with Crippen LogP contribution in [0.1, 0.15) is 13.3 Å². The molecule has 3 rings (SSSR count). The van der Waals surface area contributed by atoms with E-state index in [9.17, 15) is 13.2 Å². The number of thiophene rings is 1. The van der Waals surface area contributed by atoms with Crippen LogP contribution in [0.15, 0.2) is 35.2 Å². The number of nitrogens with one attached hydrogen (secondary N) is 1. The van der Waals surface area contributed by atoms with Crippen LogP contribution in [0, 0.1) is 0 Å². The van der Waals surface area contributed by atoms with Gasteiger partial charge in [-0.15, -0.1) is 11.3 Å². The third kappa shape index (κ3) is 3.24. The van der Waals surface area contributed by atoms with Crippen LogP contribution in [0.25, 0.3) is 21.7 Å². The number of aromatic amines is 1. The first-order valence-corrected chi connectivity index (χ1v) is 9.22. The molecule has 0 saturated heterocycles. The predicted molar refractivity (Wildman–Crippen MR) is 88.0 cm³/mol. The topological polar surface area (TPSA) is 89.1 Å². The second-order valence-electron chi connectivity index (χ2n) is 4.63. The van der Waals surface area contributed by atoms with Crippen LogP contribution in [0.2, 0.25) is 4.34 Å². The Morgan fingerprint density at radius 1 is 1.35 bits per heavy atom. The monoisotopic (exact) mass is 370 g/mol. The molecule has 9 heteroatoms. The standard InChI is InChI=1S/C14H11ClN2O4S2/c1-2-13(18)21-23(19,20)8-3-4-9-10(7-8)17-14(16-9)11-5-6-12(15)22-11/h3-7H,2H2,1H3,(H,16,17). The Hall–Kier alpha value is -1.90. The quantitative estimate of drug-likeness (QED) is 0.709. The fraction of sp³-hybridized carbons (Fsp3) is 0.143. The van der Waals surface area contributed by atoms with Crippen molar-refractivity contribution in [3.05, 3.63) is 34.7 Å². The molecule has 0 atom stereocenters. The van der Waals surface area contributed by atoms with Crippen molar-refractivity contribution in [2.75, 3.05) is 0 Å². The van der Waals surface area contributed by atoms with Gasteiger partial charge < -0.3 is 9.17 Å². The van der Waals surface area contributed by atoms with Gasteiger partial charge in [-0.25, -0.2) is 4.98 Å². The maximum Gasteiger partial charge on any atom is 0.341 e. The predicted octanol–water partition coefficient (Wildman–Crippen LogP) is 3.59. The smallest absolute Gasteiger partial charge is 0.341 e. The van der Waals surface area contributed by atoms with Gasteiger partial charge in [0.1, 0.15) is 10.7 Å². The van der Waals surface area contributed by atoms with Crippen LogP contribution in [-0.4, -0.2) is 24.4 Å². The van der Waals surface area contributed by atoms with Crippen LogP contribution >= 0.6 is 22.9 Å². The van der Waals surface area contributed by atoms with Gasteiger partial charge in [0.2, 0.25) is 0 Å². The minimum atomic E-state index is -4.14. The molecule has 2 heterocycles. The Kier molecular flexibility index (Phi) is 4.13. The van der Waals surface area contributed by atoms with Gasteiger partial charge in [-0.05, 0) is 30.3 Å². The van der Waals surface area contributed by atoms with Crippen molar-refractivity contribution in [2.24, 2.45) is 0 Å². The minimum absolute atomic E-state index is 0.0207. The van der Waals surface area contributed by atoms with Gasteiger partial charge in [0, 0.05) is 6.42 Å². The summed E-state index contributed by atoms with van der Waals surface area (Å²) in [6.07, 6.45) is -0.0207. The van der Waals surface area contributed by atoms with Crippen molar-refractivity contribution in [1.82, 2.24) is 9.97 Å². The number of aromatic nitrogens is 2. The number of halogens is 1. The van der Waals surface area contributed by atoms with Crippen molar-refractivity contribution in [1.29, 1.82) is 0 Å². The molecule has 1 aromatic carbocycles. The number of benzene rings is 1. The van der Waals surface area contributed by atoms with E-state index in [0.29, 0.717) is 21.2 Å². The molecule has 0 fully saturated rings. The van der Waals surface area contributed by atoms with Crippen molar-refractivity contribution in [3.8, 4) is 10.7 Å².